The molecule has 2 fully saturated rings. The fraction of sp³-hybridized carbons (Fsp3) is 0.686. The van der Waals surface area contributed by atoms with E-state index < -0.39 is 74.6 Å². The van der Waals surface area contributed by atoms with Gasteiger partial charge in [0.25, 0.3) is 15.9 Å². The van der Waals surface area contributed by atoms with E-state index in [1.807, 2.05) is 55.4 Å². The minimum Gasteiger partial charge on any atom is -0.344 e. The highest BCUT2D eigenvalue weighted by atomic mass is 32.2. The Morgan fingerprint density at radius 2 is 1.68 bits per heavy atom. The Hall–Kier alpha value is -3.30. The summed E-state index contributed by atoms with van der Waals surface area (Å²) in [7, 11) is -0.829. The van der Waals surface area contributed by atoms with Crippen LogP contribution in [0.1, 0.15) is 68.7 Å². The molecule has 1 saturated carbocycles. The lowest BCUT2D eigenvalue weighted by Gasteiger charge is -2.39. The third-order valence-electron chi connectivity index (χ3n) is 10.1. The minimum absolute atomic E-state index is 0.0126. The van der Waals surface area contributed by atoms with Crippen LogP contribution in [0.15, 0.2) is 34.4 Å². The molecule has 1 saturated heterocycles. The number of urea groups is 1. The fourth-order valence-electron chi connectivity index (χ4n) is 6.64. The van der Waals surface area contributed by atoms with Crippen molar-refractivity contribution < 1.29 is 32.4 Å². The molecule has 13 nitrogen and oxygen atoms in total. The number of amides is 5. The monoisotopic (exact) mass is 736 g/mol. The summed E-state index contributed by atoms with van der Waals surface area (Å²) >= 11 is 1.11. The second-order valence-electron chi connectivity index (χ2n) is 16.3. The molecule has 0 bridgehead atoms. The molecule has 1 aromatic rings. The van der Waals surface area contributed by atoms with Crippen LogP contribution in [0.3, 0.4) is 0 Å². The maximum atomic E-state index is 14.4. The number of carbonyl (C=O) groups excluding carboxylic acids is 5. The standard InChI is InChI=1S/C35H56N6O7S2/c1-13-17-39(11)30(44)27(42)22(14-2)36-29(43)26-25-21(35(25,9)10)19-41(26)31(45)28(34(6,7)8)38-32(46)37-23(33(3,4)5)20-40(12)50(47,48)24-16-15-18-49-24/h13,15-16,18,21-23,25-26,28H,1,14,17,19-20H2,2-12H3,(H,36,43)(H2,37,38,46)/t21-,22?,23+,25-,26-,28+/m0/s1. The number of hydrogen-bond donors (Lipinski definition) is 3. The van der Waals surface area contributed by atoms with Gasteiger partial charge in [0.2, 0.25) is 17.6 Å². The Balaban J connectivity index is 1.82. The van der Waals surface area contributed by atoms with Crippen LogP contribution in [-0.2, 0) is 29.2 Å². The molecular weight excluding hydrogens is 681 g/mol. The van der Waals surface area contributed by atoms with Crippen LogP contribution in [0.25, 0.3) is 0 Å². The summed E-state index contributed by atoms with van der Waals surface area (Å²) in [6.45, 7) is 20.9. The van der Waals surface area contributed by atoms with Gasteiger partial charge in [-0.2, -0.15) is 4.31 Å². The molecule has 50 heavy (non-hydrogen) atoms. The Labute approximate surface area is 301 Å². The number of thiophene rings is 1. The van der Waals surface area contributed by atoms with Crippen molar-refractivity contribution in [3.63, 3.8) is 0 Å². The fourth-order valence-corrected chi connectivity index (χ4v) is 9.02. The van der Waals surface area contributed by atoms with E-state index in [-0.39, 0.29) is 41.0 Å². The van der Waals surface area contributed by atoms with Crippen molar-refractivity contribution in [3.8, 4) is 0 Å². The summed E-state index contributed by atoms with van der Waals surface area (Å²) in [6.07, 6.45) is 1.68. The van der Waals surface area contributed by atoms with Gasteiger partial charge in [0, 0.05) is 39.8 Å². The van der Waals surface area contributed by atoms with E-state index in [2.05, 4.69) is 22.5 Å². The predicted octanol–water partition coefficient (Wildman–Crippen LogP) is 3.09. The normalized spacial score (nSPS) is 21.8. The smallest absolute Gasteiger partial charge is 0.315 e. The predicted molar refractivity (Wildman–Crippen MR) is 194 cm³/mol. The highest BCUT2D eigenvalue weighted by Crippen LogP contribution is 2.65. The maximum absolute atomic E-state index is 14.4. The molecule has 6 atom stereocenters. The van der Waals surface area contributed by atoms with Crippen molar-refractivity contribution in [2.75, 3.05) is 33.7 Å². The zero-order valence-corrected chi connectivity index (χ0v) is 33.0. The first-order chi connectivity index (χ1) is 22.9. The van der Waals surface area contributed by atoms with Gasteiger partial charge in [0.05, 0.1) is 6.04 Å². The molecule has 1 unspecified atom stereocenters. The molecule has 5 amide bonds. The number of nitrogens with one attached hydrogen (secondary N) is 3. The second-order valence-corrected chi connectivity index (χ2v) is 19.5. The first-order valence-corrected chi connectivity index (χ1v) is 19.3. The van der Waals surface area contributed by atoms with Gasteiger partial charge in [0.1, 0.15) is 16.3 Å². The van der Waals surface area contributed by atoms with Crippen molar-refractivity contribution in [1.82, 2.24) is 30.1 Å². The molecule has 2 heterocycles. The average Bonchev–Trinajstić information content (AvgIpc) is 3.47. The van der Waals surface area contributed by atoms with Gasteiger partial charge < -0.3 is 25.8 Å². The number of carbonyl (C=O) groups is 5. The average molecular weight is 737 g/mol. The molecule has 15 heteroatoms. The van der Waals surface area contributed by atoms with E-state index in [0.717, 1.165) is 11.3 Å². The van der Waals surface area contributed by atoms with Crippen molar-refractivity contribution in [1.29, 1.82) is 0 Å². The maximum Gasteiger partial charge on any atom is 0.315 e. The molecule has 0 aromatic carbocycles. The van der Waals surface area contributed by atoms with Crippen LogP contribution >= 0.6 is 11.3 Å². The van der Waals surface area contributed by atoms with Gasteiger partial charge in [-0.1, -0.05) is 74.5 Å². The van der Waals surface area contributed by atoms with Crippen LogP contribution in [0.4, 0.5) is 4.79 Å². The van der Waals surface area contributed by atoms with Crippen LogP contribution in [0.2, 0.25) is 0 Å². The number of fused-ring (bicyclic) bond motifs is 1. The number of hydrogen-bond acceptors (Lipinski definition) is 8. The molecule has 1 aromatic heterocycles. The summed E-state index contributed by atoms with van der Waals surface area (Å²) in [6, 6.07) is -1.12. The third kappa shape index (κ3) is 8.76. The van der Waals surface area contributed by atoms with Crippen LogP contribution in [-0.4, -0.2) is 110 Å². The summed E-state index contributed by atoms with van der Waals surface area (Å²) < 4.78 is 27.7. The Morgan fingerprint density at radius 3 is 2.18 bits per heavy atom. The van der Waals surface area contributed by atoms with Crippen LogP contribution in [0, 0.1) is 28.1 Å². The number of rotatable bonds is 14. The van der Waals surface area contributed by atoms with Crippen molar-refractivity contribution in [2.45, 2.75) is 97.1 Å². The van der Waals surface area contributed by atoms with E-state index in [1.165, 1.54) is 40.3 Å². The van der Waals surface area contributed by atoms with Crippen molar-refractivity contribution >= 4 is 50.9 Å². The zero-order valence-electron chi connectivity index (χ0n) is 31.3. The molecule has 2 aliphatic rings. The number of ketones is 1. The number of Topliss-reactive ketones (excluding diaryl/α,β-unsaturated/α-hetero) is 1. The van der Waals surface area contributed by atoms with Gasteiger partial charge in [-0.15, -0.1) is 17.9 Å². The summed E-state index contributed by atoms with van der Waals surface area (Å²) in [5.41, 5.74) is -1.56. The van der Waals surface area contributed by atoms with E-state index in [4.69, 9.17) is 0 Å². The molecule has 280 valence electrons. The molecule has 3 N–H and O–H groups in total. The number of likely N-dealkylation sites (N-methyl/N-ethyl adjacent to an activating group) is 2. The van der Waals surface area contributed by atoms with Gasteiger partial charge in [-0.05, 0) is 45.9 Å². The second kappa shape index (κ2) is 15.1. The first kappa shape index (κ1) is 41.1. The molecule has 0 radical (unpaired) electrons. The molecule has 1 aliphatic heterocycles. The summed E-state index contributed by atoms with van der Waals surface area (Å²) in [5.74, 6) is -2.58. The summed E-state index contributed by atoms with van der Waals surface area (Å²) in [5, 5.41) is 10.2. The van der Waals surface area contributed by atoms with Gasteiger partial charge in [-0.25, -0.2) is 13.2 Å². The molecule has 0 spiro atoms. The summed E-state index contributed by atoms with van der Waals surface area (Å²) in [4.78, 5) is 70.5. The number of likely N-dealkylation sites (tertiary alicyclic amines) is 1. The van der Waals surface area contributed by atoms with Gasteiger partial charge in [-0.3, -0.25) is 19.2 Å². The number of piperidine rings is 1. The highest BCUT2D eigenvalue weighted by Gasteiger charge is 2.70. The lowest BCUT2D eigenvalue weighted by Crippen LogP contribution is -2.62. The lowest BCUT2D eigenvalue weighted by atomic mass is 9.85. The molecule has 3 rings (SSSR count). The largest absolute Gasteiger partial charge is 0.344 e. The highest BCUT2D eigenvalue weighted by molar-refractivity contribution is 7.91. The van der Waals surface area contributed by atoms with E-state index >= 15 is 0 Å². The molecule has 1 aliphatic carbocycles. The van der Waals surface area contributed by atoms with Gasteiger partial charge in [0.15, 0.2) is 0 Å². The zero-order chi connectivity index (χ0) is 38.1. The van der Waals surface area contributed by atoms with Gasteiger partial charge >= 0.3 is 6.03 Å². The van der Waals surface area contributed by atoms with E-state index in [1.54, 1.807) is 18.4 Å². The van der Waals surface area contributed by atoms with Crippen LogP contribution in [0.5, 0.6) is 0 Å². The van der Waals surface area contributed by atoms with E-state index in [0.29, 0.717) is 6.54 Å². The minimum atomic E-state index is -3.78. The van der Waals surface area contributed by atoms with Crippen molar-refractivity contribution in [3.05, 3.63) is 30.2 Å². The number of nitrogens with zero attached hydrogens (tertiary/aromatic N) is 3. The Morgan fingerprint density at radius 1 is 1.06 bits per heavy atom. The first-order valence-electron chi connectivity index (χ1n) is 17.0. The Kier molecular flexibility index (Phi) is 12.4. The quantitative estimate of drug-likeness (QED) is 0.195. The lowest BCUT2D eigenvalue weighted by molar-refractivity contribution is -0.147. The third-order valence-corrected chi connectivity index (χ3v) is 13.3. The topological polar surface area (TPSA) is 165 Å². The SMILES string of the molecule is C=CCN(C)C(=O)C(=O)C(CC)NC(=O)[C@@H]1[C@@H]2[C@H](CN1C(=O)[C@@H](NC(=O)N[C@H](CN(C)S(=O)(=O)c1cccs1)C(C)(C)C)C(C)(C)C)C2(C)C. The number of sulfonamides is 1. The van der Waals surface area contributed by atoms with Crippen molar-refractivity contribution in [2.24, 2.45) is 28.1 Å². The molecular formula is C35H56N6O7S2. The van der Waals surface area contributed by atoms with E-state index in [9.17, 15) is 32.4 Å². The van der Waals surface area contributed by atoms with Crippen LogP contribution < -0.4 is 16.0 Å². The Bertz CT molecular complexity index is 1560.